The van der Waals surface area contributed by atoms with Crippen LogP contribution in [0, 0.1) is 30.4 Å². The smallest absolute Gasteiger partial charge is 0.405 e. The second-order valence-electron chi connectivity index (χ2n) is 9.56. The highest BCUT2D eigenvalue weighted by molar-refractivity contribution is 5.72. The maximum Gasteiger partial charge on any atom is 0.405 e. The highest BCUT2D eigenvalue weighted by Gasteiger charge is 2.28. The van der Waals surface area contributed by atoms with Crippen LogP contribution in [0.25, 0.3) is 16.8 Å². The van der Waals surface area contributed by atoms with Crippen LogP contribution in [0.1, 0.15) is 41.5 Å². The molecule has 1 aliphatic rings. The predicted octanol–water partition coefficient (Wildman–Crippen LogP) is 3.12. The molecular formula is C28H25F2N5O5. The van der Waals surface area contributed by atoms with Crippen molar-refractivity contribution in [3.63, 3.8) is 0 Å². The van der Waals surface area contributed by atoms with Crippen molar-refractivity contribution in [1.82, 2.24) is 24.9 Å². The standard InChI is InChI=1S/C28H25F2N5O5/c1-16-21(4-5-24-33-34-26(36)35(16)24)22-3-2-20(6-7-28(39)8-10-40-11-9-28)31-25(22)23(32-27(37)38)14-17-12-18(29)15-19(30)13-17/h2-5,12-13,15,23,32,39H,8-11,14H2,1H3,(H,34,36)(H,37,38). The first-order valence-corrected chi connectivity index (χ1v) is 12.5. The molecule has 1 fully saturated rings. The van der Waals surface area contributed by atoms with Crippen molar-refractivity contribution in [2.45, 2.75) is 37.8 Å². The Hall–Kier alpha value is -4.60. The summed E-state index contributed by atoms with van der Waals surface area (Å²) in [7, 11) is 0. The predicted molar refractivity (Wildman–Crippen MR) is 140 cm³/mol. The second kappa shape index (κ2) is 10.9. The van der Waals surface area contributed by atoms with Crippen LogP contribution in [0.4, 0.5) is 13.6 Å². The van der Waals surface area contributed by atoms with E-state index in [1.54, 1.807) is 31.2 Å². The van der Waals surface area contributed by atoms with Crippen molar-refractivity contribution in [1.29, 1.82) is 0 Å². The van der Waals surface area contributed by atoms with Crippen LogP contribution in [-0.4, -0.2) is 54.7 Å². The minimum atomic E-state index is -1.37. The van der Waals surface area contributed by atoms with Gasteiger partial charge in [0.25, 0.3) is 0 Å². The van der Waals surface area contributed by atoms with E-state index in [0.29, 0.717) is 48.5 Å². The Morgan fingerprint density at radius 1 is 1.18 bits per heavy atom. The number of pyridine rings is 2. The van der Waals surface area contributed by atoms with Gasteiger partial charge in [-0.3, -0.25) is 0 Å². The van der Waals surface area contributed by atoms with Gasteiger partial charge in [0.2, 0.25) is 0 Å². The normalized spacial score (nSPS) is 15.3. The van der Waals surface area contributed by atoms with E-state index < -0.39 is 35.1 Å². The number of ether oxygens (including phenoxy) is 1. The minimum Gasteiger partial charge on any atom is -0.465 e. The number of hydrogen-bond donors (Lipinski definition) is 4. The largest absolute Gasteiger partial charge is 0.465 e. The van der Waals surface area contributed by atoms with Gasteiger partial charge in [0.05, 0.1) is 24.9 Å². The number of aliphatic hydroxyl groups is 1. The minimum absolute atomic E-state index is 0.133. The zero-order valence-corrected chi connectivity index (χ0v) is 21.4. The van der Waals surface area contributed by atoms with E-state index in [1.807, 2.05) is 0 Å². The maximum atomic E-state index is 14.0. The number of amides is 1. The number of benzene rings is 1. The second-order valence-corrected chi connectivity index (χ2v) is 9.56. The number of rotatable bonds is 5. The summed E-state index contributed by atoms with van der Waals surface area (Å²) in [5.74, 6) is 4.13. The third-order valence-corrected chi connectivity index (χ3v) is 6.77. The lowest BCUT2D eigenvalue weighted by atomic mass is 9.93. The molecule has 0 bridgehead atoms. The number of carboxylic acid groups (broad SMARTS) is 1. The van der Waals surface area contributed by atoms with Gasteiger partial charge in [-0.05, 0) is 61.2 Å². The fourth-order valence-corrected chi connectivity index (χ4v) is 4.81. The number of nitrogens with zero attached hydrogens (tertiary/aromatic N) is 3. The summed E-state index contributed by atoms with van der Waals surface area (Å²) in [6.07, 6.45) is -0.844. The lowest BCUT2D eigenvalue weighted by Crippen LogP contribution is -2.34. The van der Waals surface area contributed by atoms with E-state index in [-0.39, 0.29) is 23.4 Å². The van der Waals surface area contributed by atoms with Gasteiger partial charge in [-0.2, -0.15) is 5.10 Å². The van der Waals surface area contributed by atoms with Gasteiger partial charge in [0.1, 0.15) is 22.9 Å². The van der Waals surface area contributed by atoms with Crippen LogP contribution in [0.3, 0.4) is 0 Å². The summed E-state index contributed by atoms with van der Waals surface area (Å²) < 4.78 is 34.6. The molecule has 206 valence electrons. The van der Waals surface area contributed by atoms with E-state index in [0.717, 1.165) is 18.2 Å². The molecule has 1 atom stereocenters. The molecule has 3 aromatic heterocycles. The van der Waals surface area contributed by atoms with Crippen LogP contribution >= 0.6 is 0 Å². The van der Waals surface area contributed by atoms with Crippen LogP contribution in [0.5, 0.6) is 0 Å². The molecular weight excluding hydrogens is 524 g/mol. The van der Waals surface area contributed by atoms with Crippen LogP contribution in [0.15, 0.2) is 47.3 Å². The van der Waals surface area contributed by atoms with Crippen LogP contribution in [0.2, 0.25) is 0 Å². The molecule has 4 N–H and O–H groups in total. The molecule has 10 nitrogen and oxygen atoms in total. The van der Waals surface area contributed by atoms with Crippen molar-refractivity contribution in [3.8, 4) is 23.0 Å². The third kappa shape index (κ3) is 5.70. The monoisotopic (exact) mass is 549 g/mol. The summed E-state index contributed by atoms with van der Waals surface area (Å²) >= 11 is 0. The molecule has 1 amide bonds. The fraction of sp³-hybridized carbons (Fsp3) is 0.286. The van der Waals surface area contributed by atoms with Crippen LogP contribution in [-0.2, 0) is 11.2 Å². The number of fused-ring (bicyclic) bond motifs is 1. The molecule has 4 heterocycles. The van der Waals surface area contributed by atoms with E-state index in [2.05, 4.69) is 32.3 Å². The van der Waals surface area contributed by atoms with E-state index in [9.17, 15) is 28.6 Å². The first-order valence-electron chi connectivity index (χ1n) is 12.5. The Balaban J connectivity index is 1.67. The average molecular weight is 550 g/mol. The first-order chi connectivity index (χ1) is 19.1. The number of carbonyl (C=O) groups is 1. The highest BCUT2D eigenvalue weighted by Crippen LogP contribution is 2.32. The molecule has 1 saturated heterocycles. The van der Waals surface area contributed by atoms with Crippen LogP contribution < -0.4 is 11.0 Å². The Bertz CT molecular complexity index is 1700. The zero-order chi connectivity index (χ0) is 28.4. The number of aromatic amines is 1. The fourth-order valence-electron chi connectivity index (χ4n) is 4.81. The SMILES string of the molecule is Cc1c(-c2ccc(C#CC3(O)CCOCC3)nc2C(Cc2cc(F)cc(F)c2)NC(=O)O)ccc2n[nH]c(=O)n12. The number of aryl methyl sites for hydroxylation is 1. The number of H-pyrrole nitrogens is 1. The molecule has 5 rings (SSSR count). The molecule has 4 aromatic rings. The molecule has 1 unspecified atom stereocenters. The maximum absolute atomic E-state index is 14.0. The Kier molecular flexibility index (Phi) is 7.34. The van der Waals surface area contributed by atoms with E-state index in [4.69, 9.17) is 4.74 Å². The van der Waals surface area contributed by atoms with Gasteiger partial charge >= 0.3 is 11.8 Å². The molecule has 1 aromatic carbocycles. The zero-order valence-electron chi connectivity index (χ0n) is 21.4. The molecule has 0 aliphatic carbocycles. The Labute approximate surface area is 226 Å². The topological polar surface area (TPSA) is 142 Å². The summed E-state index contributed by atoms with van der Waals surface area (Å²) in [4.78, 5) is 28.9. The molecule has 0 radical (unpaired) electrons. The summed E-state index contributed by atoms with van der Waals surface area (Å²) in [5.41, 5.74) is 0.908. The lowest BCUT2D eigenvalue weighted by Gasteiger charge is -2.26. The van der Waals surface area contributed by atoms with Gasteiger partial charge < -0.3 is 20.3 Å². The molecule has 0 spiro atoms. The van der Waals surface area contributed by atoms with Gasteiger partial charge in [-0.25, -0.2) is 32.9 Å². The quantitative estimate of drug-likeness (QED) is 0.280. The molecule has 0 saturated carbocycles. The Morgan fingerprint density at radius 2 is 1.88 bits per heavy atom. The average Bonchev–Trinajstić information content (AvgIpc) is 3.28. The number of halogens is 2. The summed E-state index contributed by atoms with van der Waals surface area (Å²) in [5, 5.41) is 29.2. The number of hydrogen-bond acceptors (Lipinski definition) is 6. The third-order valence-electron chi connectivity index (χ3n) is 6.77. The van der Waals surface area contributed by atoms with Crippen molar-refractivity contribution in [2.75, 3.05) is 13.2 Å². The lowest BCUT2D eigenvalue weighted by molar-refractivity contribution is -0.0262. The van der Waals surface area contributed by atoms with Gasteiger partial charge in [-0.1, -0.05) is 5.92 Å². The molecule has 12 heteroatoms. The van der Waals surface area contributed by atoms with Gasteiger partial charge in [0.15, 0.2) is 5.65 Å². The first kappa shape index (κ1) is 27.0. The summed E-state index contributed by atoms with van der Waals surface area (Å²) in [6.45, 7) is 2.44. The highest BCUT2D eigenvalue weighted by atomic mass is 19.1. The molecule has 1 aliphatic heterocycles. The van der Waals surface area contributed by atoms with Gasteiger partial charge in [-0.15, -0.1) is 0 Å². The van der Waals surface area contributed by atoms with Gasteiger partial charge in [0, 0.05) is 35.7 Å². The number of nitrogens with one attached hydrogen (secondary N) is 2. The van der Waals surface area contributed by atoms with Crippen molar-refractivity contribution in [3.05, 3.63) is 87.2 Å². The van der Waals surface area contributed by atoms with E-state index >= 15 is 0 Å². The van der Waals surface area contributed by atoms with E-state index in [1.165, 1.54) is 4.40 Å². The van der Waals surface area contributed by atoms with Crippen molar-refractivity contribution in [2.24, 2.45) is 0 Å². The van der Waals surface area contributed by atoms with Crippen molar-refractivity contribution >= 4 is 11.7 Å². The Morgan fingerprint density at radius 3 is 2.58 bits per heavy atom. The summed E-state index contributed by atoms with van der Waals surface area (Å²) in [6, 6.07) is 8.56. The number of aromatic nitrogens is 4. The van der Waals surface area contributed by atoms with Crippen molar-refractivity contribution < 1.29 is 28.5 Å². The molecule has 40 heavy (non-hydrogen) atoms.